The van der Waals surface area contributed by atoms with Crippen LogP contribution in [0, 0.1) is 6.92 Å². The first kappa shape index (κ1) is 25.3. The van der Waals surface area contributed by atoms with Crippen LogP contribution in [0.3, 0.4) is 0 Å². The second-order valence-corrected chi connectivity index (χ2v) is 8.69. The number of carboxylic acid groups (broad SMARTS) is 1. The van der Waals surface area contributed by atoms with Crippen molar-refractivity contribution >= 4 is 29.2 Å². The van der Waals surface area contributed by atoms with Gasteiger partial charge in [0.2, 0.25) is 5.91 Å². The van der Waals surface area contributed by atoms with Crippen LogP contribution in [0.25, 0.3) is 0 Å². The third-order valence-electron chi connectivity index (χ3n) is 5.64. The van der Waals surface area contributed by atoms with Crippen LogP contribution >= 0.6 is 11.6 Å². The number of anilines is 1. The van der Waals surface area contributed by atoms with E-state index in [4.69, 9.17) is 21.4 Å². The summed E-state index contributed by atoms with van der Waals surface area (Å²) in [5.74, 6) is -0.476. The Balaban J connectivity index is 1.39. The molecule has 0 saturated carbocycles. The maximum absolute atomic E-state index is 12.3. The molecule has 0 heterocycles. The molecule has 0 fully saturated rings. The van der Waals surface area contributed by atoms with Gasteiger partial charge in [0.25, 0.3) is 0 Å². The highest BCUT2D eigenvalue weighted by atomic mass is 35.5. The predicted octanol–water partition coefficient (Wildman–Crippen LogP) is 6.71. The van der Waals surface area contributed by atoms with E-state index in [1.807, 2.05) is 31.2 Å². The Morgan fingerprint density at radius 2 is 1.74 bits per heavy atom. The zero-order chi connectivity index (χ0) is 24.3. The highest BCUT2D eigenvalue weighted by molar-refractivity contribution is 6.33. The molecule has 0 aliphatic heterocycles. The largest absolute Gasteiger partial charge is 0.494 e. The topological polar surface area (TPSA) is 75.6 Å². The number of aryl methyl sites for hydroxylation is 3. The summed E-state index contributed by atoms with van der Waals surface area (Å²) in [5.41, 5.74) is 3.90. The lowest BCUT2D eigenvalue weighted by atomic mass is 10.0. The zero-order valence-electron chi connectivity index (χ0n) is 19.4. The van der Waals surface area contributed by atoms with Gasteiger partial charge in [-0.2, -0.15) is 0 Å². The molecule has 3 aromatic rings. The van der Waals surface area contributed by atoms with Crippen molar-refractivity contribution < 1.29 is 19.4 Å². The first-order chi connectivity index (χ1) is 16.4. The Bertz CT molecular complexity index is 1110. The second kappa shape index (κ2) is 12.8. The lowest BCUT2D eigenvalue weighted by Gasteiger charge is -2.11. The summed E-state index contributed by atoms with van der Waals surface area (Å²) in [6.07, 6.45) is 5.26. The Labute approximate surface area is 205 Å². The number of halogens is 1. The van der Waals surface area contributed by atoms with E-state index in [0.29, 0.717) is 18.7 Å². The number of rotatable bonds is 12. The van der Waals surface area contributed by atoms with Crippen LogP contribution in [0.15, 0.2) is 66.7 Å². The fourth-order valence-electron chi connectivity index (χ4n) is 3.72. The van der Waals surface area contributed by atoms with Gasteiger partial charge < -0.3 is 15.2 Å². The number of aromatic carboxylic acids is 1. The normalized spacial score (nSPS) is 10.6. The summed E-state index contributed by atoms with van der Waals surface area (Å²) in [6.45, 7) is 2.70. The molecule has 0 aromatic heterocycles. The molecule has 0 aliphatic carbocycles. The third-order valence-corrected chi connectivity index (χ3v) is 5.97. The summed E-state index contributed by atoms with van der Waals surface area (Å²) >= 11 is 5.87. The Morgan fingerprint density at radius 3 is 2.47 bits per heavy atom. The van der Waals surface area contributed by atoms with Crippen molar-refractivity contribution in [3.63, 3.8) is 0 Å². The smallest absolute Gasteiger partial charge is 0.337 e. The molecule has 0 atom stereocenters. The second-order valence-electron chi connectivity index (χ2n) is 8.28. The number of hydrogen-bond donors (Lipinski definition) is 2. The summed E-state index contributed by atoms with van der Waals surface area (Å²) in [5, 5.41) is 12.0. The Hall–Kier alpha value is -3.31. The van der Waals surface area contributed by atoms with Gasteiger partial charge in [-0.3, -0.25) is 4.79 Å². The molecular formula is C28H30ClNO4. The van der Waals surface area contributed by atoms with E-state index < -0.39 is 5.97 Å². The first-order valence-corrected chi connectivity index (χ1v) is 11.9. The molecule has 0 spiro atoms. The molecular weight excluding hydrogens is 450 g/mol. The van der Waals surface area contributed by atoms with Crippen molar-refractivity contribution in [2.24, 2.45) is 0 Å². The van der Waals surface area contributed by atoms with Crippen molar-refractivity contribution in [2.45, 2.75) is 45.4 Å². The molecule has 0 saturated heterocycles. The Morgan fingerprint density at radius 1 is 0.941 bits per heavy atom. The minimum absolute atomic E-state index is 0.0397. The number of benzene rings is 3. The average Bonchev–Trinajstić information content (AvgIpc) is 2.82. The molecule has 0 bridgehead atoms. The fourth-order valence-corrected chi connectivity index (χ4v) is 3.92. The number of carbonyl (C=O) groups is 2. The molecule has 6 heteroatoms. The van der Waals surface area contributed by atoms with E-state index in [9.17, 15) is 9.59 Å². The van der Waals surface area contributed by atoms with Crippen LogP contribution in [-0.2, 0) is 17.6 Å². The highest BCUT2D eigenvalue weighted by Crippen LogP contribution is 2.22. The molecule has 3 rings (SSSR count). The van der Waals surface area contributed by atoms with Crippen molar-refractivity contribution in [2.75, 3.05) is 11.9 Å². The third kappa shape index (κ3) is 7.92. The van der Waals surface area contributed by atoms with Gasteiger partial charge >= 0.3 is 5.97 Å². The number of ether oxygens (including phenoxy) is 1. The fraction of sp³-hybridized carbons (Fsp3) is 0.286. The summed E-state index contributed by atoms with van der Waals surface area (Å²) < 4.78 is 5.90. The van der Waals surface area contributed by atoms with Gasteiger partial charge in [-0.1, -0.05) is 48.0 Å². The van der Waals surface area contributed by atoms with Gasteiger partial charge in [0.1, 0.15) is 5.75 Å². The summed E-state index contributed by atoms with van der Waals surface area (Å²) in [7, 11) is 0. The minimum atomic E-state index is -1.13. The first-order valence-electron chi connectivity index (χ1n) is 11.5. The molecule has 0 aliphatic rings. The van der Waals surface area contributed by atoms with Crippen molar-refractivity contribution in [3.05, 3.63) is 94.0 Å². The molecule has 0 unspecified atom stereocenters. The van der Waals surface area contributed by atoms with Crippen molar-refractivity contribution in [1.29, 1.82) is 0 Å². The van der Waals surface area contributed by atoms with E-state index in [2.05, 4.69) is 29.6 Å². The van der Waals surface area contributed by atoms with E-state index in [-0.39, 0.29) is 22.9 Å². The van der Waals surface area contributed by atoms with E-state index in [0.717, 1.165) is 42.6 Å². The Kier molecular flexibility index (Phi) is 9.53. The van der Waals surface area contributed by atoms with Crippen LogP contribution in [0.1, 0.15) is 52.7 Å². The van der Waals surface area contributed by atoms with E-state index in [1.54, 1.807) is 6.07 Å². The van der Waals surface area contributed by atoms with Crippen LogP contribution < -0.4 is 10.1 Å². The highest BCUT2D eigenvalue weighted by Gasteiger charge is 2.11. The molecule has 34 heavy (non-hydrogen) atoms. The van der Waals surface area contributed by atoms with Gasteiger partial charge in [-0.15, -0.1) is 0 Å². The zero-order valence-corrected chi connectivity index (χ0v) is 20.1. The lowest BCUT2D eigenvalue weighted by Crippen LogP contribution is -2.13. The van der Waals surface area contributed by atoms with Gasteiger partial charge in [-0.05, 0) is 86.1 Å². The monoisotopic (exact) mass is 479 g/mol. The number of hydrogen-bond acceptors (Lipinski definition) is 3. The molecule has 2 N–H and O–H groups in total. The standard InChI is InChI=1S/C28H30ClNO4/c1-20-18-24(34-17-7-3-6-10-21-8-4-2-5-9-21)14-11-22(20)12-16-27(31)30-23-13-15-26(29)25(19-23)28(32)33/h2,4-5,8-9,11,13-15,18-19H,3,6-7,10,12,16-17H2,1H3,(H,30,31)(H,32,33). The maximum Gasteiger partial charge on any atom is 0.337 e. The predicted molar refractivity (Wildman–Crippen MR) is 136 cm³/mol. The molecule has 3 aromatic carbocycles. The number of unbranched alkanes of at least 4 members (excludes halogenated alkanes) is 2. The minimum Gasteiger partial charge on any atom is -0.494 e. The number of amides is 1. The molecule has 178 valence electrons. The molecule has 5 nitrogen and oxygen atoms in total. The SMILES string of the molecule is Cc1cc(OCCCCCc2ccccc2)ccc1CCC(=O)Nc1ccc(Cl)c(C(=O)O)c1. The average molecular weight is 480 g/mol. The summed E-state index contributed by atoms with van der Waals surface area (Å²) in [4.78, 5) is 23.5. The quantitative estimate of drug-likeness (QED) is 0.283. The number of carbonyl (C=O) groups excluding carboxylic acids is 1. The van der Waals surface area contributed by atoms with Gasteiger partial charge in [0.15, 0.2) is 0 Å². The maximum atomic E-state index is 12.3. The lowest BCUT2D eigenvalue weighted by molar-refractivity contribution is -0.116. The van der Waals surface area contributed by atoms with Crippen LogP contribution in [0.5, 0.6) is 5.75 Å². The van der Waals surface area contributed by atoms with Crippen LogP contribution in [0.4, 0.5) is 5.69 Å². The van der Waals surface area contributed by atoms with Crippen LogP contribution in [0.2, 0.25) is 5.02 Å². The van der Waals surface area contributed by atoms with Crippen molar-refractivity contribution in [1.82, 2.24) is 0 Å². The molecule has 0 radical (unpaired) electrons. The van der Waals surface area contributed by atoms with Gasteiger partial charge in [0, 0.05) is 12.1 Å². The number of nitrogens with one attached hydrogen (secondary N) is 1. The van der Waals surface area contributed by atoms with Crippen LogP contribution in [-0.4, -0.2) is 23.6 Å². The number of carboxylic acids is 1. The molecule has 1 amide bonds. The summed E-state index contributed by atoms with van der Waals surface area (Å²) in [6, 6.07) is 20.9. The van der Waals surface area contributed by atoms with Gasteiger partial charge in [-0.25, -0.2) is 4.79 Å². The van der Waals surface area contributed by atoms with E-state index in [1.165, 1.54) is 17.7 Å². The van der Waals surface area contributed by atoms with Crippen molar-refractivity contribution in [3.8, 4) is 5.75 Å². The van der Waals surface area contributed by atoms with E-state index >= 15 is 0 Å². The van der Waals surface area contributed by atoms with Gasteiger partial charge in [0.05, 0.1) is 17.2 Å².